The zero-order valence-corrected chi connectivity index (χ0v) is 14.4. The number of rotatable bonds is 6. The minimum absolute atomic E-state index is 0.00847. The summed E-state index contributed by atoms with van der Waals surface area (Å²) in [5, 5.41) is 12.3. The van der Waals surface area contributed by atoms with E-state index in [1.165, 1.54) is 11.8 Å². The number of carbonyl (C=O) groups is 1. The number of halogens is 1. The second kappa shape index (κ2) is 7.65. The number of amides is 1. The van der Waals surface area contributed by atoms with Crippen molar-refractivity contribution in [1.29, 1.82) is 0 Å². The number of nitrogens with one attached hydrogen (secondary N) is 1. The Morgan fingerprint density at radius 2 is 2.14 bits per heavy atom. The predicted molar refractivity (Wildman–Crippen MR) is 90.1 cm³/mol. The summed E-state index contributed by atoms with van der Waals surface area (Å²) in [6, 6.07) is 7.50. The summed E-state index contributed by atoms with van der Waals surface area (Å²) in [5.41, 5.74) is 0.828. The Bertz CT molecular complexity index is 659. The van der Waals surface area contributed by atoms with Crippen LogP contribution in [0.3, 0.4) is 0 Å². The highest BCUT2D eigenvalue weighted by Gasteiger charge is 2.19. The molecule has 0 aliphatic carbocycles. The molecule has 0 aliphatic rings. The molecule has 0 aliphatic heterocycles. The molecular weight excluding hydrogens is 320 g/mol. The van der Waals surface area contributed by atoms with Gasteiger partial charge in [-0.15, -0.1) is 10.2 Å². The van der Waals surface area contributed by atoms with Crippen molar-refractivity contribution >= 4 is 29.3 Å². The maximum absolute atomic E-state index is 11.9. The summed E-state index contributed by atoms with van der Waals surface area (Å²) in [6.07, 6.45) is 0.920. The number of hydrogen-bond acceptors (Lipinski definition) is 4. The SMILES string of the molecule is CCCNC(=O)[C@H](C)Sc1nnc(-c2ccccc2Cl)n1C. The predicted octanol–water partition coefficient (Wildman–Crippen LogP) is 3.14. The summed E-state index contributed by atoms with van der Waals surface area (Å²) < 4.78 is 1.86. The van der Waals surface area contributed by atoms with E-state index in [0.29, 0.717) is 22.5 Å². The molecule has 5 nitrogen and oxygen atoms in total. The Balaban J connectivity index is 2.15. The zero-order chi connectivity index (χ0) is 16.1. The Kier molecular flexibility index (Phi) is 5.85. The van der Waals surface area contributed by atoms with Crippen molar-refractivity contribution in [2.45, 2.75) is 30.7 Å². The second-order valence-electron chi connectivity index (χ2n) is 4.90. The van der Waals surface area contributed by atoms with Crippen molar-refractivity contribution < 1.29 is 4.79 Å². The minimum atomic E-state index is -0.228. The molecule has 1 amide bonds. The molecule has 0 fully saturated rings. The van der Waals surface area contributed by atoms with Gasteiger partial charge in [-0.25, -0.2) is 0 Å². The molecule has 1 aromatic heterocycles. The van der Waals surface area contributed by atoms with Crippen LogP contribution in [-0.2, 0) is 11.8 Å². The second-order valence-corrected chi connectivity index (χ2v) is 6.61. The van der Waals surface area contributed by atoms with Gasteiger partial charge in [0, 0.05) is 19.2 Å². The molecule has 1 N–H and O–H groups in total. The van der Waals surface area contributed by atoms with E-state index in [-0.39, 0.29) is 11.2 Å². The van der Waals surface area contributed by atoms with Crippen molar-refractivity contribution in [2.24, 2.45) is 7.05 Å². The van der Waals surface area contributed by atoms with Crippen LogP contribution < -0.4 is 5.32 Å². The third kappa shape index (κ3) is 3.81. The van der Waals surface area contributed by atoms with Gasteiger partial charge >= 0.3 is 0 Å². The van der Waals surface area contributed by atoms with Crippen LogP contribution in [0.4, 0.5) is 0 Å². The third-order valence-electron chi connectivity index (χ3n) is 3.15. The van der Waals surface area contributed by atoms with E-state index in [9.17, 15) is 4.79 Å². The summed E-state index contributed by atoms with van der Waals surface area (Å²) >= 11 is 7.59. The van der Waals surface area contributed by atoms with Crippen molar-refractivity contribution in [2.75, 3.05) is 6.54 Å². The fourth-order valence-corrected chi connectivity index (χ4v) is 2.96. The lowest BCUT2D eigenvalue weighted by Gasteiger charge is -2.11. The van der Waals surface area contributed by atoms with Gasteiger partial charge in [-0.1, -0.05) is 42.4 Å². The molecule has 0 spiro atoms. The number of aromatic nitrogens is 3. The molecule has 1 heterocycles. The van der Waals surface area contributed by atoms with E-state index >= 15 is 0 Å². The summed E-state index contributed by atoms with van der Waals surface area (Å²) in [6.45, 7) is 4.57. The summed E-state index contributed by atoms with van der Waals surface area (Å²) in [4.78, 5) is 11.9. The standard InChI is InChI=1S/C15H19ClN4OS/c1-4-9-17-14(21)10(2)22-15-19-18-13(20(15)3)11-7-5-6-8-12(11)16/h5-8,10H,4,9H2,1-3H3,(H,17,21)/t10-/m0/s1. The van der Waals surface area contributed by atoms with Crippen LogP contribution in [0.15, 0.2) is 29.4 Å². The Labute approximate surface area is 139 Å². The molecule has 0 unspecified atom stereocenters. The molecular formula is C15H19ClN4OS. The first-order valence-electron chi connectivity index (χ1n) is 7.13. The van der Waals surface area contributed by atoms with E-state index in [4.69, 9.17) is 11.6 Å². The van der Waals surface area contributed by atoms with E-state index in [1.54, 1.807) is 0 Å². The normalized spacial score (nSPS) is 12.2. The molecule has 0 bridgehead atoms. The first-order chi connectivity index (χ1) is 10.5. The highest BCUT2D eigenvalue weighted by molar-refractivity contribution is 8.00. The highest BCUT2D eigenvalue weighted by atomic mass is 35.5. The third-order valence-corrected chi connectivity index (χ3v) is 4.61. The van der Waals surface area contributed by atoms with Gasteiger partial charge in [0.1, 0.15) is 0 Å². The lowest BCUT2D eigenvalue weighted by atomic mass is 10.2. The van der Waals surface area contributed by atoms with Crippen LogP contribution in [0.1, 0.15) is 20.3 Å². The van der Waals surface area contributed by atoms with E-state index in [1.807, 2.05) is 49.7 Å². The topological polar surface area (TPSA) is 59.8 Å². The Hall–Kier alpha value is -1.53. The van der Waals surface area contributed by atoms with Gasteiger partial charge in [-0.05, 0) is 25.5 Å². The van der Waals surface area contributed by atoms with Gasteiger partial charge in [0.05, 0.1) is 10.3 Å². The molecule has 0 saturated carbocycles. The molecule has 1 aromatic carbocycles. The molecule has 1 atom stereocenters. The van der Waals surface area contributed by atoms with Crippen molar-refractivity contribution in [3.8, 4) is 11.4 Å². The number of thioether (sulfide) groups is 1. The lowest BCUT2D eigenvalue weighted by molar-refractivity contribution is -0.120. The van der Waals surface area contributed by atoms with Gasteiger partial charge in [0.25, 0.3) is 0 Å². The van der Waals surface area contributed by atoms with Gasteiger partial charge < -0.3 is 9.88 Å². The average Bonchev–Trinajstić information content (AvgIpc) is 2.86. The lowest BCUT2D eigenvalue weighted by Crippen LogP contribution is -2.31. The quantitative estimate of drug-likeness (QED) is 0.822. The van der Waals surface area contributed by atoms with E-state index in [0.717, 1.165) is 12.0 Å². The zero-order valence-electron chi connectivity index (χ0n) is 12.8. The van der Waals surface area contributed by atoms with Gasteiger partial charge in [-0.2, -0.15) is 0 Å². The van der Waals surface area contributed by atoms with Crippen molar-refractivity contribution in [3.63, 3.8) is 0 Å². The van der Waals surface area contributed by atoms with Gasteiger partial charge in [-0.3, -0.25) is 4.79 Å². The first kappa shape index (κ1) is 16.8. The number of nitrogens with zero attached hydrogens (tertiary/aromatic N) is 3. The monoisotopic (exact) mass is 338 g/mol. The fraction of sp³-hybridized carbons (Fsp3) is 0.400. The van der Waals surface area contributed by atoms with Crippen LogP contribution in [0.2, 0.25) is 5.02 Å². The molecule has 2 rings (SSSR count). The van der Waals surface area contributed by atoms with Crippen LogP contribution in [0, 0.1) is 0 Å². The maximum Gasteiger partial charge on any atom is 0.233 e. The molecule has 7 heteroatoms. The van der Waals surface area contributed by atoms with Crippen molar-refractivity contribution in [3.05, 3.63) is 29.3 Å². The molecule has 118 valence electrons. The van der Waals surface area contributed by atoms with Gasteiger partial charge in [0.15, 0.2) is 11.0 Å². The Morgan fingerprint density at radius 1 is 1.41 bits per heavy atom. The largest absolute Gasteiger partial charge is 0.355 e. The summed E-state index contributed by atoms with van der Waals surface area (Å²) in [5.74, 6) is 0.698. The van der Waals surface area contributed by atoms with E-state index in [2.05, 4.69) is 15.5 Å². The highest BCUT2D eigenvalue weighted by Crippen LogP contribution is 2.29. The molecule has 0 saturated heterocycles. The van der Waals surface area contributed by atoms with Crippen LogP contribution in [0.5, 0.6) is 0 Å². The average molecular weight is 339 g/mol. The number of carbonyl (C=O) groups excluding carboxylic acids is 1. The van der Waals surface area contributed by atoms with Crippen LogP contribution in [0.25, 0.3) is 11.4 Å². The number of hydrogen-bond donors (Lipinski definition) is 1. The smallest absolute Gasteiger partial charge is 0.233 e. The fourth-order valence-electron chi connectivity index (χ4n) is 1.90. The van der Waals surface area contributed by atoms with Crippen LogP contribution in [-0.4, -0.2) is 32.5 Å². The first-order valence-corrected chi connectivity index (χ1v) is 8.39. The molecule has 0 radical (unpaired) electrons. The van der Waals surface area contributed by atoms with Crippen LogP contribution >= 0.6 is 23.4 Å². The van der Waals surface area contributed by atoms with E-state index < -0.39 is 0 Å². The van der Waals surface area contributed by atoms with Crippen molar-refractivity contribution in [1.82, 2.24) is 20.1 Å². The maximum atomic E-state index is 11.9. The minimum Gasteiger partial charge on any atom is -0.355 e. The molecule has 2 aromatic rings. The molecule has 22 heavy (non-hydrogen) atoms. The number of benzene rings is 1. The Morgan fingerprint density at radius 3 is 2.82 bits per heavy atom. The van der Waals surface area contributed by atoms with Gasteiger partial charge in [0.2, 0.25) is 5.91 Å². The summed E-state index contributed by atoms with van der Waals surface area (Å²) in [7, 11) is 1.87.